The zero-order chi connectivity index (χ0) is 14.5. The van der Waals surface area contributed by atoms with Crippen molar-refractivity contribution < 1.29 is 13.2 Å². The van der Waals surface area contributed by atoms with E-state index in [1.165, 1.54) is 4.90 Å². The van der Waals surface area contributed by atoms with E-state index in [1.54, 1.807) is 33.3 Å². The van der Waals surface area contributed by atoms with Gasteiger partial charge in [0.25, 0.3) is 0 Å². The molecule has 0 aromatic carbocycles. The summed E-state index contributed by atoms with van der Waals surface area (Å²) in [4.78, 5) is 13.5. The van der Waals surface area contributed by atoms with Crippen LogP contribution in [0.5, 0.6) is 0 Å². The van der Waals surface area contributed by atoms with Gasteiger partial charge < -0.3 is 4.90 Å². The second-order valence-corrected chi connectivity index (χ2v) is 6.33. The standard InChI is InChI=1S/C11H20N4O3S/c1-4-5-19(17,18)14-9(2)11(16)15(3)8-10-6-12-13-7-10/h6-7,9,14H,4-5,8H2,1-3H3,(H,12,13). The van der Waals surface area contributed by atoms with Crippen LogP contribution < -0.4 is 4.72 Å². The minimum atomic E-state index is -3.39. The van der Waals surface area contributed by atoms with Crippen LogP contribution >= 0.6 is 0 Å². The lowest BCUT2D eigenvalue weighted by Gasteiger charge is -2.21. The van der Waals surface area contributed by atoms with Crippen molar-refractivity contribution in [1.82, 2.24) is 19.8 Å². The molecule has 19 heavy (non-hydrogen) atoms. The summed E-state index contributed by atoms with van der Waals surface area (Å²) in [6, 6.07) is -0.770. The highest BCUT2D eigenvalue weighted by molar-refractivity contribution is 7.89. The predicted molar refractivity (Wildman–Crippen MR) is 71.7 cm³/mol. The van der Waals surface area contributed by atoms with Gasteiger partial charge in [-0.2, -0.15) is 5.10 Å². The molecular weight excluding hydrogens is 268 g/mol. The number of aromatic amines is 1. The van der Waals surface area contributed by atoms with Gasteiger partial charge in [-0.3, -0.25) is 9.89 Å². The van der Waals surface area contributed by atoms with Gasteiger partial charge in [0.05, 0.1) is 18.0 Å². The van der Waals surface area contributed by atoms with Crippen molar-refractivity contribution in [3.05, 3.63) is 18.0 Å². The number of likely N-dealkylation sites (N-methyl/N-ethyl adjacent to an activating group) is 1. The van der Waals surface area contributed by atoms with Crippen LogP contribution in [0.25, 0.3) is 0 Å². The number of nitrogens with zero attached hydrogens (tertiary/aromatic N) is 2. The molecule has 8 heteroatoms. The van der Waals surface area contributed by atoms with Crippen molar-refractivity contribution in [2.45, 2.75) is 32.9 Å². The summed E-state index contributed by atoms with van der Waals surface area (Å²) in [5, 5.41) is 6.45. The van der Waals surface area contributed by atoms with Crippen LogP contribution in [0.1, 0.15) is 25.8 Å². The summed E-state index contributed by atoms with van der Waals surface area (Å²) >= 11 is 0. The summed E-state index contributed by atoms with van der Waals surface area (Å²) in [6.07, 6.45) is 3.83. The molecule has 0 saturated heterocycles. The van der Waals surface area contributed by atoms with E-state index < -0.39 is 16.1 Å². The van der Waals surface area contributed by atoms with E-state index in [9.17, 15) is 13.2 Å². The first kappa shape index (κ1) is 15.6. The summed E-state index contributed by atoms with van der Waals surface area (Å²) in [5.74, 6) is -0.253. The first-order chi connectivity index (χ1) is 8.85. The third kappa shape index (κ3) is 4.99. The summed E-state index contributed by atoms with van der Waals surface area (Å²) < 4.78 is 25.6. The number of carbonyl (C=O) groups excluding carboxylic acids is 1. The topological polar surface area (TPSA) is 95.2 Å². The lowest BCUT2D eigenvalue weighted by molar-refractivity contribution is -0.131. The zero-order valence-corrected chi connectivity index (χ0v) is 12.2. The minimum absolute atomic E-state index is 0.0239. The SMILES string of the molecule is CCCS(=O)(=O)NC(C)C(=O)N(C)Cc1cn[nH]c1. The molecule has 1 rings (SSSR count). The third-order valence-corrected chi connectivity index (χ3v) is 4.21. The molecule has 1 heterocycles. The molecule has 2 N–H and O–H groups in total. The molecule has 1 atom stereocenters. The van der Waals surface area contributed by atoms with Crippen LogP contribution in [0.3, 0.4) is 0 Å². The number of carbonyl (C=O) groups is 1. The van der Waals surface area contributed by atoms with Crippen molar-refractivity contribution >= 4 is 15.9 Å². The van der Waals surface area contributed by atoms with Crippen LogP contribution in [-0.2, 0) is 21.4 Å². The highest BCUT2D eigenvalue weighted by atomic mass is 32.2. The molecule has 108 valence electrons. The molecule has 0 radical (unpaired) electrons. The van der Waals surface area contributed by atoms with Crippen LogP contribution in [0.4, 0.5) is 0 Å². The number of rotatable bonds is 7. The third-order valence-electron chi connectivity index (χ3n) is 2.55. The van der Waals surface area contributed by atoms with Crippen molar-refractivity contribution in [2.24, 2.45) is 0 Å². The van der Waals surface area contributed by atoms with E-state index >= 15 is 0 Å². The minimum Gasteiger partial charge on any atom is -0.340 e. The Balaban J connectivity index is 2.56. The predicted octanol–water partition coefficient (Wildman–Crippen LogP) is 0.0860. The molecule has 0 saturated carbocycles. The average Bonchev–Trinajstić information content (AvgIpc) is 2.79. The Bertz CT molecular complexity index is 498. The fourth-order valence-corrected chi connectivity index (χ4v) is 2.99. The number of hydrogen-bond donors (Lipinski definition) is 2. The average molecular weight is 288 g/mol. The van der Waals surface area contributed by atoms with E-state index in [2.05, 4.69) is 14.9 Å². The molecule has 7 nitrogen and oxygen atoms in total. The first-order valence-corrected chi connectivity index (χ1v) is 7.73. The van der Waals surface area contributed by atoms with E-state index in [-0.39, 0.29) is 11.7 Å². The molecule has 0 aliphatic rings. The second kappa shape index (κ2) is 6.67. The Kier molecular flexibility index (Phi) is 5.49. The van der Waals surface area contributed by atoms with Gasteiger partial charge in [-0.1, -0.05) is 6.92 Å². The van der Waals surface area contributed by atoms with E-state index in [0.717, 1.165) is 5.56 Å². The number of amides is 1. The van der Waals surface area contributed by atoms with Crippen molar-refractivity contribution in [1.29, 1.82) is 0 Å². The Labute approximate surface area is 113 Å². The molecule has 0 bridgehead atoms. The van der Waals surface area contributed by atoms with Crippen LogP contribution in [-0.4, -0.2) is 48.3 Å². The summed E-state index contributed by atoms with van der Waals surface area (Å²) in [5.41, 5.74) is 0.861. The number of hydrogen-bond acceptors (Lipinski definition) is 4. The van der Waals surface area contributed by atoms with Gasteiger partial charge in [0.1, 0.15) is 0 Å². The molecule has 1 amide bonds. The molecule has 1 aromatic heterocycles. The quantitative estimate of drug-likeness (QED) is 0.743. The molecule has 1 aromatic rings. The van der Waals surface area contributed by atoms with Crippen LogP contribution in [0, 0.1) is 0 Å². The number of H-pyrrole nitrogens is 1. The monoisotopic (exact) mass is 288 g/mol. The summed E-state index contributed by atoms with van der Waals surface area (Å²) in [7, 11) is -1.76. The molecule has 0 aliphatic carbocycles. The Hall–Kier alpha value is -1.41. The maximum absolute atomic E-state index is 12.0. The molecule has 0 fully saturated rings. The Morgan fingerprint density at radius 3 is 2.79 bits per heavy atom. The highest BCUT2D eigenvalue weighted by Gasteiger charge is 2.22. The maximum atomic E-state index is 12.0. The van der Waals surface area contributed by atoms with E-state index in [4.69, 9.17) is 0 Å². The number of aromatic nitrogens is 2. The first-order valence-electron chi connectivity index (χ1n) is 6.08. The Morgan fingerprint density at radius 2 is 2.26 bits per heavy atom. The van der Waals surface area contributed by atoms with Gasteiger partial charge in [0.15, 0.2) is 0 Å². The lowest BCUT2D eigenvalue weighted by Crippen LogP contribution is -2.45. The zero-order valence-electron chi connectivity index (χ0n) is 11.4. The Morgan fingerprint density at radius 1 is 1.58 bits per heavy atom. The van der Waals surface area contributed by atoms with Gasteiger partial charge in [0, 0.05) is 25.4 Å². The smallest absolute Gasteiger partial charge is 0.240 e. The molecule has 1 unspecified atom stereocenters. The van der Waals surface area contributed by atoms with Gasteiger partial charge in [0.2, 0.25) is 15.9 Å². The van der Waals surface area contributed by atoms with E-state index in [1.807, 2.05) is 0 Å². The fraction of sp³-hybridized carbons (Fsp3) is 0.636. The molecular formula is C11H20N4O3S. The van der Waals surface area contributed by atoms with Gasteiger partial charge >= 0.3 is 0 Å². The fourth-order valence-electron chi connectivity index (χ4n) is 1.69. The molecule has 0 spiro atoms. The van der Waals surface area contributed by atoms with Gasteiger partial charge in [-0.05, 0) is 13.3 Å². The highest BCUT2D eigenvalue weighted by Crippen LogP contribution is 2.03. The van der Waals surface area contributed by atoms with Crippen molar-refractivity contribution in [3.8, 4) is 0 Å². The maximum Gasteiger partial charge on any atom is 0.240 e. The lowest BCUT2D eigenvalue weighted by atomic mass is 10.3. The molecule has 0 aliphatic heterocycles. The van der Waals surface area contributed by atoms with Crippen molar-refractivity contribution in [2.75, 3.05) is 12.8 Å². The van der Waals surface area contributed by atoms with Gasteiger partial charge in [-0.25, -0.2) is 13.1 Å². The second-order valence-electron chi connectivity index (χ2n) is 4.46. The summed E-state index contributed by atoms with van der Waals surface area (Å²) in [6.45, 7) is 3.70. The largest absolute Gasteiger partial charge is 0.340 e. The van der Waals surface area contributed by atoms with Crippen LogP contribution in [0.15, 0.2) is 12.4 Å². The van der Waals surface area contributed by atoms with Gasteiger partial charge in [-0.15, -0.1) is 0 Å². The van der Waals surface area contributed by atoms with Crippen LogP contribution in [0.2, 0.25) is 0 Å². The van der Waals surface area contributed by atoms with E-state index in [0.29, 0.717) is 13.0 Å². The van der Waals surface area contributed by atoms with Crippen molar-refractivity contribution in [3.63, 3.8) is 0 Å². The normalized spacial score (nSPS) is 13.2. The number of nitrogens with one attached hydrogen (secondary N) is 2. The number of sulfonamides is 1.